The molecule has 0 unspecified atom stereocenters. The minimum atomic E-state index is -0.0700. The van der Waals surface area contributed by atoms with Crippen LogP contribution in [0.5, 0.6) is 5.75 Å². The molecule has 0 atom stereocenters. The quantitative estimate of drug-likeness (QED) is 0.680. The molecule has 0 heterocycles. The van der Waals surface area contributed by atoms with Gasteiger partial charge < -0.3 is 15.0 Å². The number of nitrogens with zero attached hydrogens (tertiary/aromatic N) is 1. The lowest BCUT2D eigenvalue weighted by Gasteiger charge is -2.18. The fourth-order valence-electron chi connectivity index (χ4n) is 2.86. The molecule has 6 heteroatoms. The number of anilines is 1. The van der Waals surface area contributed by atoms with E-state index in [0.717, 1.165) is 11.3 Å². The van der Waals surface area contributed by atoms with Gasteiger partial charge in [-0.15, -0.1) is 11.8 Å². The van der Waals surface area contributed by atoms with Gasteiger partial charge in [0.05, 0.1) is 12.9 Å². The van der Waals surface area contributed by atoms with Gasteiger partial charge >= 0.3 is 0 Å². The summed E-state index contributed by atoms with van der Waals surface area (Å²) in [7, 11) is 1.65. The highest BCUT2D eigenvalue weighted by molar-refractivity contribution is 7.99. The first kappa shape index (κ1) is 21.8. The molecule has 5 nitrogen and oxygen atoms in total. The lowest BCUT2D eigenvalue weighted by atomic mass is 10.1. The van der Waals surface area contributed by atoms with Crippen molar-refractivity contribution in [3.63, 3.8) is 0 Å². The molecule has 0 radical (unpaired) electrons. The van der Waals surface area contributed by atoms with Crippen LogP contribution in [0, 0.1) is 6.92 Å². The van der Waals surface area contributed by atoms with E-state index in [1.807, 2.05) is 32.9 Å². The molecule has 0 spiro atoms. The minimum Gasteiger partial charge on any atom is -0.496 e. The first-order valence-corrected chi connectivity index (χ1v) is 10.5. The second-order valence-electron chi connectivity index (χ2n) is 6.41. The number of nitrogens with one attached hydrogen (secondary N) is 1. The Morgan fingerprint density at radius 2 is 1.75 bits per heavy atom. The number of amides is 2. The Balaban J connectivity index is 1.86. The number of ether oxygens (including phenoxy) is 1. The summed E-state index contributed by atoms with van der Waals surface area (Å²) >= 11 is 1.54. The molecule has 0 aliphatic heterocycles. The minimum absolute atomic E-state index is 0.00512. The number of thioether (sulfide) groups is 1. The Morgan fingerprint density at radius 1 is 1.07 bits per heavy atom. The standard InChI is InChI=1S/C22H28N2O3S/c1-5-24(6-2)22(26)17-8-10-19(11-9-17)23-21(25)15-28-14-18-13-16(3)7-12-20(18)27-4/h7-13H,5-6,14-15H2,1-4H3,(H,23,25). The third-order valence-corrected chi connectivity index (χ3v) is 5.37. The van der Waals surface area contributed by atoms with E-state index in [0.29, 0.717) is 35.8 Å². The molecule has 0 fully saturated rings. The molecular weight excluding hydrogens is 372 g/mol. The fraction of sp³-hybridized carbons (Fsp3) is 0.364. The van der Waals surface area contributed by atoms with Gasteiger partial charge in [0.1, 0.15) is 5.75 Å². The molecule has 0 saturated heterocycles. The molecule has 28 heavy (non-hydrogen) atoms. The van der Waals surface area contributed by atoms with Gasteiger partial charge in [0.15, 0.2) is 0 Å². The van der Waals surface area contributed by atoms with Crippen LogP contribution in [-0.4, -0.2) is 42.7 Å². The number of rotatable bonds is 9. The van der Waals surface area contributed by atoms with Gasteiger partial charge in [0.25, 0.3) is 5.91 Å². The predicted molar refractivity (Wildman–Crippen MR) is 116 cm³/mol. The summed E-state index contributed by atoms with van der Waals surface area (Å²) in [6.07, 6.45) is 0. The van der Waals surface area contributed by atoms with E-state index in [4.69, 9.17) is 4.74 Å². The van der Waals surface area contributed by atoms with Gasteiger partial charge in [-0.05, 0) is 51.1 Å². The van der Waals surface area contributed by atoms with Crippen molar-refractivity contribution in [3.8, 4) is 5.75 Å². The third kappa shape index (κ3) is 6.02. The Bertz CT molecular complexity index is 802. The summed E-state index contributed by atoms with van der Waals surface area (Å²) in [5.74, 6) is 1.82. The van der Waals surface area contributed by atoms with E-state index in [9.17, 15) is 9.59 Å². The maximum absolute atomic E-state index is 12.3. The van der Waals surface area contributed by atoms with Crippen molar-refractivity contribution >= 4 is 29.3 Å². The van der Waals surface area contributed by atoms with Crippen molar-refractivity contribution < 1.29 is 14.3 Å². The Morgan fingerprint density at radius 3 is 2.36 bits per heavy atom. The number of carbonyl (C=O) groups is 2. The van der Waals surface area contributed by atoms with Gasteiger partial charge in [-0.2, -0.15) is 0 Å². The summed E-state index contributed by atoms with van der Waals surface area (Å²) in [6, 6.07) is 13.1. The zero-order valence-corrected chi connectivity index (χ0v) is 17.8. The van der Waals surface area contributed by atoms with E-state index in [2.05, 4.69) is 11.4 Å². The van der Waals surface area contributed by atoms with Crippen LogP contribution in [0.15, 0.2) is 42.5 Å². The van der Waals surface area contributed by atoms with Crippen molar-refractivity contribution in [2.45, 2.75) is 26.5 Å². The molecular formula is C22H28N2O3S. The molecule has 2 aromatic carbocycles. The molecule has 0 aliphatic carbocycles. The highest BCUT2D eigenvalue weighted by Crippen LogP contribution is 2.24. The molecule has 0 saturated carbocycles. The molecule has 2 rings (SSSR count). The zero-order valence-electron chi connectivity index (χ0n) is 17.0. The van der Waals surface area contributed by atoms with Gasteiger partial charge in [0.2, 0.25) is 5.91 Å². The molecule has 0 bridgehead atoms. The smallest absolute Gasteiger partial charge is 0.253 e. The van der Waals surface area contributed by atoms with Crippen LogP contribution in [0.3, 0.4) is 0 Å². The average Bonchev–Trinajstić information content (AvgIpc) is 2.69. The maximum Gasteiger partial charge on any atom is 0.253 e. The molecule has 150 valence electrons. The van der Waals surface area contributed by atoms with E-state index in [-0.39, 0.29) is 11.8 Å². The number of hydrogen-bond donors (Lipinski definition) is 1. The lowest BCUT2D eigenvalue weighted by molar-refractivity contribution is -0.113. The number of methoxy groups -OCH3 is 1. The largest absolute Gasteiger partial charge is 0.496 e. The number of aryl methyl sites for hydroxylation is 1. The van der Waals surface area contributed by atoms with Crippen LogP contribution in [0.2, 0.25) is 0 Å². The molecule has 1 N–H and O–H groups in total. The van der Waals surface area contributed by atoms with Gasteiger partial charge in [-0.25, -0.2) is 0 Å². The molecule has 0 aliphatic rings. The SMILES string of the molecule is CCN(CC)C(=O)c1ccc(NC(=O)CSCc2cc(C)ccc2OC)cc1. The van der Waals surface area contributed by atoms with E-state index in [1.165, 1.54) is 17.3 Å². The van der Waals surface area contributed by atoms with Crippen molar-refractivity contribution in [1.29, 1.82) is 0 Å². The predicted octanol–water partition coefficient (Wildman–Crippen LogP) is 4.36. The Hall–Kier alpha value is -2.47. The molecule has 2 aromatic rings. The number of carbonyl (C=O) groups excluding carboxylic acids is 2. The van der Waals surface area contributed by atoms with E-state index < -0.39 is 0 Å². The first-order chi connectivity index (χ1) is 13.5. The van der Waals surface area contributed by atoms with Crippen molar-refractivity contribution in [3.05, 3.63) is 59.2 Å². The third-order valence-electron chi connectivity index (χ3n) is 4.39. The normalized spacial score (nSPS) is 10.4. The second-order valence-corrected chi connectivity index (χ2v) is 7.40. The fourth-order valence-corrected chi connectivity index (χ4v) is 3.67. The summed E-state index contributed by atoms with van der Waals surface area (Å²) in [5.41, 5.74) is 3.57. The van der Waals surface area contributed by atoms with Gasteiger partial charge in [-0.3, -0.25) is 9.59 Å². The second kappa shape index (κ2) is 10.8. The summed E-state index contributed by atoms with van der Waals surface area (Å²) in [5, 5.41) is 2.88. The highest BCUT2D eigenvalue weighted by atomic mass is 32.2. The van der Waals surface area contributed by atoms with Crippen LogP contribution in [0.1, 0.15) is 35.3 Å². The summed E-state index contributed by atoms with van der Waals surface area (Å²) in [4.78, 5) is 26.3. The van der Waals surface area contributed by atoms with Crippen LogP contribution in [0.25, 0.3) is 0 Å². The summed E-state index contributed by atoms with van der Waals surface area (Å²) < 4.78 is 5.37. The van der Waals surface area contributed by atoms with Crippen molar-refractivity contribution in [2.24, 2.45) is 0 Å². The topological polar surface area (TPSA) is 58.6 Å². The highest BCUT2D eigenvalue weighted by Gasteiger charge is 2.12. The summed E-state index contributed by atoms with van der Waals surface area (Å²) in [6.45, 7) is 7.31. The monoisotopic (exact) mass is 400 g/mol. The molecule has 0 aromatic heterocycles. The van der Waals surface area contributed by atoms with Crippen LogP contribution in [0.4, 0.5) is 5.69 Å². The van der Waals surface area contributed by atoms with Gasteiger partial charge in [0, 0.05) is 35.7 Å². The van der Waals surface area contributed by atoms with Crippen LogP contribution < -0.4 is 10.1 Å². The number of benzene rings is 2. The average molecular weight is 401 g/mol. The maximum atomic E-state index is 12.3. The Kier molecular flexibility index (Phi) is 8.39. The lowest BCUT2D eigenvalue weighted by Crippen LogP contribution is -2.30. The van der Waals surface area contributed by atoms with Crippen molar-refractivity contribution in [1.82, 2.24) is 4.90 Å². The van der Waals surface area contributed by atoms with Gasteiger partial charge in [-0.1, -0.05) is 17.7 Å². The Labute approximate surface area is 171 Å². The number of hydrogen-bond acceptors (Lipinski definition) is 4. The first-order valence-electron chi connectivity index (χ1n) is 9.38. The molecule has 2 amide bonds. The van der Waals surface area contributed by atoms with Crippen LogP contribution in [-0.2, 0) is 10.5 Å². The van der Waals surface area contributed by atoms with Crippen molar-refractivity contribution in [2.75, 3.05) is 31.3 Å². The zero-order chi connectivity index (χ0) is 20.5. The van der Waals surface area contributed by atoms with E-state index >= 15 is 0 Å². The van der Waals surface area contributed by atoms with Crippen LogP contribution >= 0.6 is 11.8 Å². The van der Waals surface area contributed by atoms with E-state index in [1.54, 1.807) is 36.3 Å².